The van der Waals surface area contributed by atoms with Crippen LogP contribution in [-0.2, 0) is 19.8 Å². The number of halogens is 1. The lowest BCUT2D eigenvalue weighted by atomic mass is 10.1. The summed E-state index contributed by atoms with van der Waals surface area (Å²) in [5, 5.41) is 14.4. The average molecular weight is 334 g/mol. The van der Waals surface area contributed by atoms with Crippen LogP contribution in [0.4, 0.5) is 0 Å². The van der Waals surface area contributed by atoms with E-state index in [0.29, 0.717) is 10.9 Å². The predicted octanol–water partition coefficient (Wildman–Crippen LogP) is 3.47. The molecule has 1 aromatic carbocycles. The first-order valence-corrected chi connectivity index (χ1v) is 8.18. The van der Waals surface area contributed by atoms with Gasteiger partial charge in [-0.15, -0.1) is 10.2 Å². The molecule has 5 nitrogen and oxygen atoms in total. The van der Waals surface area contributed by atoms with Gasteiger partial charge < -0.3 is 4.57 Å². The zero-order valence-electron chi connectivity index (χ0n) is 12.6. The Kier molecular flexibility index (Phi) is 4.22. The van der Waals surface area contributed by atoms with E-state index < -0.39 is 0 Å². The predicted molar refractivity (Wildman–Crippen MR) is 89.0 cm³/mol. The summed E-state index contributed by atoms with van der Waals surface area (Å²) >= 11 is 7.60. The number of aryl methyl sites for hydroxylation is 2. The van der Waals surface area contributed by atoms with Crippen LogP contribution in [0.25, 0.3) is 11.4 Å². The molecule has 22 heavy (non-hydrogen) atoms. The molecule has 0 amide bonds. The van der Waals surface area contributed by atoms with E-state index in [1.807, 2.05) is 36.9 Å². The monoisotopic (exact) mass is 333 g/mol. The Morgan fingerprint density at radius 1 is 1.18 bits per heavy atom. The molecule has 0 saturated carbocycles. The molecule has 2 heterocycles. The van der Waals surface area contributed by atoms with Crippen molar-refractivity contribution in [2.45, 2.75) is 17.8 Å². The maximum atomic E-state index is 6.00. The zero-order chi connectivity index (χ0) is 15.7. The van der Waals surface area contributed by atoms with Gasteiger partial charge in [-0.1, -0.05) is 47.1 Å². The van der Waals surface area contributed by atoms with Crippen LogP contribution in [0.2, 0.25) is 5.15 Å². The molecule has 0 aliphatic rings. The third-order valence-electron chi connectivity index (χ3n) is 3.33. The second-order valence-corrected chi connectivity index (χ2v) is 6.44. The summed E-state index contributed by atoms with van der Waals surface area (Å²) in [4.78, 5) is 0. The highest BCUT2D eigenvalue weighted by molar-refractivity contribution is 7.98. The largest absolute Gasteiger partial charge is 0.305 e. The van der Waals surface area contributed by atoms with Crippen LogP contribution in [-0.4, -0.2) is 24.5 Å². The van der Waals surface area contributed by atoms with E-state index in [0.717, 1.165) is 22.2 Å². The summed E-state index contributed by atoms with van der Waals surface area (Å²) < 4.78 is 3.66. The molecule has 0 saturated heterocycles. The van der Waals surface area contributed by atoms with Crippen LogP contribution in [0.5, 0.6) is 0 Å². The van der Waals surface area contributed by atoms with Gasteiger partial charge in [0.25, 0.3) is 0 Å². The molecule has 114 valence electrons. The highest BCUT2D eigenvalue weighted by Gasteiger charge is 2.12. The number of hydrogen-bond acceptors (Lipinski definition) is 4. The third kappa shape index (κ3) is 3.03. The minimum absolute atomic E-state index is 0.633. The average Bonchev–Trinajstić information content (AvgIpc) is 3.00. The van der Waals surface area contributed by atoms with Crippen molar-refractivity contribution in [1.82, 2.24) is 24.5 Å². The van der Waals surface area contributed by atoms with Crippen molar-refractivity contribution < 1.29 is 0 Å². The molecule has 0 spiro atoms. The van der Waals surface area contributed by atoms with Crippen molar-refractivity contribution in [1.29, 1.82) is 0 Å². The second kappa shape index (κ2) is 6.14. The van der Waals surface area contributed by atoms with Crippen LogP contribution in [0, 0.1) is 6.92 Å². The Hall–Kier alpha value is -1.79. The fourth-order valence-electron chi connectivity index (χ4n) is 2.19. The van der Waals surface area contributed by atoms with Crippen molar-refractivity contribution in [2.24, 2.45) is 14.1 Å². The maximum Gasteiger partial charge on any atom is 0.191 e. The maximum absolute atomic E-state index is 6.00. The van der Waals surface area contributed by atoms with Crippen molar-refractivity contribution in [2.75, 3.05) is 0 Å². The van der Waals surface area contributed by atoms with E-state index in [4.69, 9.17) is 11.6 Å². The summed E-state index contributed by atoms with van der Waals surface area (Å²) in [6.45, 7) is 2.07. The molecule has 0 bridgehead atoms. The van der Waals surface area contributed by atoms with Crippen LogP contribution in [0.1, 0.15) is 11.3 Å². The highest BCUT2D eigenvalue weighted by atomic mass is 35.5. The Balaban J connectivity index is 1.78. The van der Waals surface area contributed by atoms with Gasteiger partial charge in [0.15, 0.2) is 11.0 Å². The molecular weight excluding hydrogens is 318 g/mol. The highest BCUT2D eigenvalue weighted by Crippen LogP contribution is 2.25. The smallest absolute Gasteiger partial charge is 0.191 e. The first-order valence-electron chi connectivity index (χ1n) is 6.82. The summed E-state index contributed by atoms with van der Waals surface area (Å²) in [7, 11) is 3.81. The van der Waals surface area contributed by atoms with Gasteiger partial charge in [-0.25, -0.2) is 0 Å². The van der Waals surface area contributed by atoms with E-state index in [2.05, 4.69) is 34.4 Å². The van der Waals surface area contributed by atoms with E-state index in [1.54, 1.807) is 16.4 Å². The Morgan fingerprint density at radius 2 is 2.00 bits per heavy atom. The van der Waals surface area contributed by atoms with E-state index >= 15 is 0 Å². The van der Waals surface area contributed by atoms with Gasteiger partial charge in [0, 0.05) is 25.4 Å². The molecule has 0 radical (unpaired) electrons. The summed E-state index contributed by atoms with van der Waals surface area (Å²) in [6.07, 6.45) is 0. The van der Waals surface area contributed by atoms with E-state index in [1.165, 1.54) is 5.56 Å². The molecule has 0 aliphatic heterocycles. The number of thioether (sulfide) groups is 1. The number of rotatable bonds is 4. The topological polar surface area (TPSA) is 48.5 Å². The van der Waals surface area contributed by atoms with Crippen molar-refractivity contribution >= 4 is 23.4 Å². The lowest BCUT2D eigenvalue weighted by Crippen LogP contribution is -1.96. The van der Waals surface area contributed by atoms with Gasteiger partial charge >= 0.3 is 0 Å². The summed E-state index contributed by atoms with van der Waals surface area (Å²) in [5.41, 5.74) is 3.21. The molecule has 0 fully saturated rings. The summed E-state index contributed by atoms with van der Waals surface area (Å²) in [6, 6.07) is 10.1. The van der Waals surface area contributed by atoms with Gasteiger partial charge in [0.05, 0.1) is 5.69 Å². The Morgan fingerprint density at radius 3 is 2.68 bits per heavy atom. The number of hydrogen-bond donors (Lipinski definition) is 0. The molecule has 3 rings (SSSR count). The van der Waals surface area contributed by atoms with Gasteiger partial charge in [-0.3, -0.25) is 4.68 Å². The quantitative estimate of drug-likeness (QED) is 0.686. The van der Waals surface area contributed by atoms with E-state index in [9.17, 15) is 0 Å². The van der Waals surface area contributed by atoms with Gasteiger partial charge in [-0.05, 0) is 19.1 Å². The van der Waals surface area contributed by atoms with Crippen LogP contribution in [0.15, 0.2) is 35.5 Å². The van der Waals surface area contributed by atoms with Crippen LogP contribution in [0.3, 0.4) is 0 Å². The fourth-order valence-corrected chi connectivity index (χ4v) is 3.15. The van der Waals surface area contributed by atoms with Crippen molar-refractivity contribution in [3.8, 4) is 11.4 Å². The number of nitrogens with zero attached hydrogens (tertiary/aromatic N) is 5. The SMILES string of the molecule is Cc1cccc(-c2nnc(SCc3cc(Cl)n(C)n3)n2C)c1. The first kappa shape index (κ1) is 15.1. The van der Waals surface area contributed by atoms with Gasteiger partial charge in [0.1, 0.15) is 5.15 Å². The standard InChI is InChI=1S/C15H16ClN5S/c1-10-5-4-6-11(7-10)14-17-18-15(20(14)2)22-9-12-8-13(16)21(3)19-12/h4-8H,9H2,1-3H3. The van der Waals surface area contributed by atoms with Crippen LogP contribution < -0.4 is 0 Å². The molecule has 0 aliphatic carbocycles. The van der Waals surface area contributed by atoms with Crippen molar-refractivity contribution in [3.63, 3.8) is 0 Å². The zero-order valence-corrected chi connectivity index (χ0v) is 14.2. The fraction of sp³-hybridized carbons (Fsp3) is 0.267. The minimum atomic E-state index is 0.633. The van der Waals surface area contributed by atoms with Gasteiger partial charge in [-0.2, -0.15) is 5.10 Å². The normalized spacial score (nSPS) is 11.1. The molecule has 2 aromatic heterocycles. The van der Waals surface area contributed by atoms with Crippen molar-refractivity contribution in [3.05, 3.63) is 46.7 Å². The Labute approximate surface area is 138 Å². The lowest BCUT2D eigenvalue weighted by Gasteiger charge is -2.04. The Bertz CT molecular complexity index is 789. The molecule has 0 atom stereocenters. The molecule has 0 unspecified atom stereocenters. The summed E-state index contributed by atoms with van der Waals surface area (Å²) in [5.74, 6) is 1.57. The molecule has 3 aromatic rings. The number of benzene rings is 1. The second-order valence-electron chi connectivity index (χ2n) is 5.11. The molecule has 7 heteroatoms. The van der Waals surface area contributed by atoms with Crippen LogP contribution >= 0.6 is 23.4 Å². The first-order chi connectivity index (χ1) is 10.5. The molecular formula is C15H16ClN5S. The molecule has 0 N–H and O–H groups in total. The minimum Gasteiger partial charge on any atom is -0.305 e. The number of aromatic nitrogens is 5. The van der Waals surface area contributed by atoms with E-state index in [-0.39, 0.29) is 0 Å². The van der Waals surface area contributed by atoms with Gasteiger partial charge in [0.2, 0.25) is 0 Å². The lowest BCUT2D eigenvalue weighted by molar-refractivity contribution is 0.754. The third-order valence-corrected chi connectivity index (χ3v) is 4.74.